The molecule has 0 radical (unpaired) electrons. The van der Waals surface area contributed by atoms with Crippen LogP contribution in [0.2, 0.25) is 0 Å². The second-order valence-corrected chi connectivity index (χ2v) is 7.81. The number of rotatable bonds is 4. The Labute approximate surface area is 170 Å². The SMILES string of the molecule is CC(=O)NC1=NN(C(C)=O)[C@H](c2ccc(OCc3ccccc3)c(Br)c2)S1. The molecule has 0 saturated heterocycles. The van der Waals surface area contributed by atoms with Gasteiger partial charge in [0, 0.05) is 13.8 Å². The summed E-state index contributed by atoms with van der Waals surface area (Å²) in [7, 11) is 0. The third-order valence-corrected chi connectivity index (χ3v) is 5.45. The van der Waals surface area contributed by atoms with E-state index in [4.69, 9.17) is 4.74 Å². The van der Waals surface area contributed by atoms with E-state index in [2.05, 4.69) is 26.3 Å². The van der Waals surface area contributed by atoms with E-state index in [0.717, 1.165) is 15.6 Å². The lowest BCUT2D eigenvalue weighted by Crippen LogP contribution is -2.25. The van der Waals surface area contributed by atoms with Gasteiger partial charge in [0.05, 0.1) is 4.47 Å². The van der Waals surface area contributed by atoms with Crippen molar-refractivity contribution in [3.63, 3.8) is 0 Å². The Hall–Kier alpha value is -2.32. The third-order valence-electron chi connectivity index (χ3n) is 3.73. The first-order valence-corrected chi connectivity index (χ1v) is 9.90. The van der Waals surface area contributed by atoms with E-state index in [9.17, 15) is 9.59 Å². The number of carbonyl (C=O) groups is 2. The van der Waals surface area contributed by atoms with Gasteiger partial charge in [-0.05, 0) is 39.2 Å². The first kappa shape index (κ1) is 19.4. The normalized spacial score (nSPS) is 16.0. The van der Waals surface area contributed by atoms with Crippen LogP contribution in [0.1, 0.15) is 30.3 Å². The van der Waals surface area contributed by atoms with Crippen molar-refractivity contribution in [1.29, 1.82) is 0 Å². The van der Waals surface area contributed by atoms with Crippen LogP contribution in [0.4, 0.5) is 0 Å². The van der Waals surface area contributed by atoms with Crippen molar-refractivity contribution in [2.24, 2.45) is 5.10 Å². The Balaban J connectivity index is 1.74. The zero-order valence-electron chi connectivity index (χ0n) is 14.8. The summed E-state index contributed by atoms with van der Waals surface area (Å²) in [5, 5.41) is 8.26. The van der Waals surface area contributed by atoms with Crippen LogP contribution >= 0.6 is 27.7 Å². The van der Waals surface area contributed by atoms with Crippen LogP contribution in [-0.4, -0.2) is 22.0 Å². The summed E-state index contributed by atoms with van der Waals surface area (Å²) >= 11 is 4.85. The van der Waals surface area contributed by atoms with Crippen molar-refractivity contribution in [2.45, 2.75) is 25.8 Å². The van der Waals surface area contributed by atoms with Crippen LogP contribution in [0, 0.1) is 0 Å². The van der Waals surface area contributed by atoms with Crippen molar-refractivity contribution in [1.82, 2.24) is 10.3 Å². The molecule has 6 nitrogen and oxygen atoms in total. The first-order chi connectivity index (χ1) is 12.9. The van der Waals surface area contributed by atoms with Crippen LogP contribution in [0.5, 0.6) is 5.75 Å². The third kappa shape index (κ3) is 4.90. The van der Waals surface area contributed by atoms with Gasteiger partial charge in [0.25, 0.3) is 0 Å². The predicted octanol–water partition coefficient (Wildman–Crippen LogP) is 4.03. The molecule has 0 aliphatic carbocycles. The minimum atomic E-state index is -0.344. The molecule has 2 aromatic carbocycles. The Morgan fingerprint density at radius 2 is 1.96 bits per heavy atom. The summed E-state index contributed by atoms with van der Waals surface area (Å²) in [6.07, 6.45) is 0. The summed E-state index contributed by atoms with van der Waals surface area (Å²) in [5.41, 5.74) is 1.95. The molecular formula is C19H18BrN3O3S. The second kappa shape index (κ2) is 8.58. The molecule has 1 atom stereocenters. The molecular weight excluding hydrogens is 430 g/mol. The minimum Gasteiger partial charge on any atom is -0.488 e. The Bertz CT molecular complexity index is 889. The lowest BCUT2D eigenvalue weighted by atomic mass is 10.2. The minimum absolute atomic E-state index is 0.201. The highest BCUT2D eigenvalue weighted by atomic mass is 79.9. The zero-order chi connectivity index (χ0) is 19.4. The molecule has 0 spiro atoms. The number of hydrazone groups is 1. The Morgan fingerprint density at radius 3 is 2.59 bits per heavy atom. The molecule has 2 amide bonds. The standard InChI is InChI=1S/C19H18BrN3O3S/c1-12(24)21-19-22-23(13(2)25)18(27-19)15-8-9-17(16(20)10-15)26-11-14-6-4-3-5-7-14/h3-10,18H,11H2,1-2H3,(H,21,22,24)/t18-/m0/s1. The maximum Gasteiger partial charge on any atom is 0.241 e. The van der Waals surface area contributed by atoms with E-state index in [0.29, 0.717) is 17.5 Å². The lowest BCUT2D eigenvalue weighted by molar-refractivity contribution is -0.129. The van der Waals surface area contributed by atoms with Crippen LogP contribution in [0.3, 0.4) is 0 Å². The molecule has 1 heterocycles. The number of hydrogen-bond acceptors (Lipinski definition) is 5. The molecule has 140 valence electrons. The van der Waals surface area contributed by atoms with Crippen LogP contribution in [0.25, 0.3) is 0 Å². The van der Waals surface area contributed by atoms with Crippen LogP contribution in [0.15, 0.2) is 58.1 Å². The maximum atomic E-state index is 11.9. The monoisotopic (exact) mass is 447 g/mol. The number of ether oxygens (including phenoxy) is 1. The quantitative estimate of drug-likeness (QED) is 0.767. The lowest BCUT2D eigenvalue weighted by Gasteiger charge is -2.20. The van der Waals surface area contributed by atoms with Crippen LogP contribution in [-0.2, 0) is 16.2 Å². The van der Waals surface area contributed by atoms with E-state index in [1.54, 1.807) is 0 Å². The predicted molar refractivity (Wildman–Crippen MR) is 109 cm³/mol. The molecule has 2 aromatic rings. The van der Waals surface area contributed by atoms with Crippen molar-refractivity contribution >= 4 is 44.7 Å². The molecule has 27 heavy (non-hydrogen) atoms. The van der Waals surface area contributed by atoms with Gasteiger partial charge in [0.1, 0.15) is 17.7 Å². The number of halogens is 1. The van der Waals surface area contributed by atoms with Gasteiger partial charge < -0.3 is 10.1 Å². The number of hydrogen-bond donors (Lipinski definition) is 1. The summed E-state index contributed by atoms with van der Waals surface area (Å²) in [6.45, 7) is 3.32. The topological polar surface area (TPSA) is 71.0 Å². The molecule has 1 aliphatic rings. The fourth-order valence-electron chi connectivity index (χ4n) is 2.50. The van der Waals surface area contributed by atoms with E-state index >= 15 is 0 Å². The van der Waals surface area contributed by atoms with Gasteiger partial charge in [-0.1, -0.05) is 48.2 Å². The Morgan fingerprint density at radius 1 is 1.22 bits per heavy atom. The average molecular weight is 448 g/mol. The van der Waals surface area contributed by atoms with E-state index < -0.39 is 0 Å². The van der Waals surface area contributed by atoms with Gasteiger partial charge >= 0.3 is 0 Å². The summed E-state index contributed by atoms with van der Waals surface area (Å²) in [5.74, 6) is 0.285. The number of nitrogens with zero attached hydrogens (tertiary/aromatic N) is 2. The number of benzene rings is 2. The van der Waals surface area contributed by atoms with E-state index in [1.165, 1.54) is 30.6 Å². The number of carbonyl (C=O) groups excluding carboxylic acids is 2. The zero-order valence-corrected chi connectivity index (χ0v) is 17.2. The van der Waals surface area contributed by atoms with Crippen molar-refractivity contribution in [3.8, 4) is 5.75 Å². The highest BCUT2D eigenvalue weighted by Gasteiger charge is 2.32. The van der Waals surface area contributed by atoms with Gasteiger partial charge in [-0.15, -0.1) is 5.10 Å². The molecule has 1 N–H and O–H groups in total. The molecule has 3 rings (SSSR count). The summed E-state index contributed by atoms with van der Waals surface area (Å²) in [6, 6.07) is 15.6. The van der Waals surface area contributed by atoms with Crippen molar-refractivity contribution in [3.05, 3.63) is 64.1 Å². The van der Waals surface area contributed by atoms with Crippen molar-refractivity contribution in [2.75, 3.05) is 0 Å². The highest BCUT2D eigenvalue weighted by Crippen LogP contribution is 2.41. The largest absolute Gasteiger partial charge is 0.488 e. The van der Waals surface area contributed by atoms with Gasteiger partial charge in [0.15, 0.2) is 5.17 Å². The Kier molecular flexibility index (Phi) is 6.18. The second-order valence-electron chi connectivity index (χ2n) is 5.88. The number of amidine groups is 1. The smallest absolute Gasteiger partial charge is 0.241 e. The molecule has 0 bridgehead atoms. The maximum absolute atomic E-state index is 11.9. The molecule has 1 aliphatic heterocycles. The van der Waals surface area contributed by atoms with Gasteiger partial charge in [0.2, 0.25) is 11.8 Å². The van der Waals surface area contributed by atoms with Gasteiger partial charge in [-0.25, -0.2) is 5.01 Å². The van der Waals surface area contributed by atoms with Crippen LogP contribution < -0.4 is 10.1 Å². The van der Waals surface area contributed by atoms with Crippen molar-refractivity contribution < 1.29 is 14.3 Å². The van der Waals surface area contributed by atoms with Gasteiger partial charge in [-0.3, -0.25) is 9.59 Å². The van der Waals surface area contributed by atoms with Gasteiger partial charge in [-0.2, -0.15) is 0 Å². The molecule has 0 unspecified atom stereocenters. The number of thioether (sulfide) groups is 1. The molecule has 8 heteroatoms. The fourth-order valence-corrected chi connectivity index (χ4v) is 4.14. The molecule has 0 aromatic heterocycles. The fraction of sp³-hybridized carbons (Fsp3) is 0.211. The summed E-state index contributed by atoms with van der Waals surface area (Å²) < 4.78 is 6.65. The average Bonchev–Trinajstić information content (AvgIpc) is 3.05. The molecule has 0 saturated carbocycles. The number of nitrogens with one attached hydrogen (secondary N) is 1. The molecule has 0 fully saturated rings. The highest BCUT2D eigenvalue weighted by molar-refractivity contribution is 9.10. The summed E-state index contributed by atoms with van der Waals surface area (Å²) in [4.78, 5) is 23.2. The van der Waals surface area contributed by atoms with E-state index in [1.807, 2.05) is 48.5 Å². The first-order valence-electron chi connectivity index (χ1n) is 8.23. The van der Waals surface area contributed by atoms with E-state index in [-0.39, 0.29) is 17.2 Å². The number of amides is 2.